The van der Waals surface area contributed by atoms with Crippen LogP contribution in [0, 0.1) is 5.92 Å². The van der Waals surface area contributed by atoms with Gasteiger partial charge in [0, 0.05) is 37.4 Å². The molecular weight excluding hydrogens is 554 g/mol. The lowest BCUT2D eigenvalue weighted by atomic mass is 9.86. The van der Waals surface area contributed by atoms with Gasteiger partial charge < -0.3 is 14.4 Å². The molecule has 1 atom stereocenters. The average Bonchev–Trinajstić information content (AvgIpc) is 3.49. The van der Waals surface area contributed by atoms with Gasteiger partial charge in [0.25, 0.3) is 10.1 Å². The monoisotopic (exact) mass is 589 g/mol. The van der Waals surface area contributed by atoms with Gasteiger partial charge in [-0.25, -0.2) is 4.68 Å². The maximum absolute atomic E-state index is 11.7. The van der Waals surface area contributed by atoms with Crippen molar-refractivity contribution in [3.05, 3.63) is 77.6 Å². The highest BCUT2D eigenvalue weighted by atomic mass is 32.2. The summed E-state index contributed by atoms with van der Waals surface area (Å²) in [5.41, 5.74) is 5.50. The van der Waals surface area contributed by atoms with Crippen LogP contribution in [0.15, 0.2) is 60.8 Å². The molecule has 42 heavy (non-hydrogen) atoms. The van der Waals surface area contributed by atoms with Crippen LogP contribution in [0.5, 0.6) is 0 Å². The van der Waals surface area contributed by atoms with Crippen LogP contribution in [-0.2, 0) is 38.3 Å². The Balaban J connectivity index is 1.63. The highest BCUT2D eigenvalue weighted by molar-refractivity contribution is 7.85. The quantitative estimate of drug-likeness (QED) is 0.259. The van der Waals surface area contributed by atoms with Crippen LogP contribution in [0.25, 0.3) is 33.2 Å². The fourth-order valence-electron chi connectivity index (χ4n) is 6.04. The summed E-state index contributed by atoms with van der Waals surface area (Å²) in [5, 5.41) is 20.3. The maximum atomic E-state index is 11.7. The molecule has 5 aromatic rings. The van der Waals surface area contributed by atoms with E-state index in [0.717, 1.165) is 52.2 Å². The minimum absolute atomic E-state index is 0.0121. The molecule has 11 heteroatoms. The van der Waals surface area contributed by atoms with Gasteiger partial charge in [-0.15, -0.1) is 5.10 Å². The molecule has 0 amide bonds. The number of fused-ring (bicyclic) bond motifs is 3. The molecule has 10 nitrogen and oxygen atoms in total. The number of ether oxygens (including phenoxy) is 1. The largest absolute Gasteiger partial charge is 0.386 e. The summed E-state index contributed by atoms with van der Waals surface area (Å²) in [4.78, 5) is 4.95. The Hall–Kier alpha value is -3.64. The molecule has 0 aliphatic carbocycles. The number of aryl methyl sites for hydroxylation is 1. The number of rotatable bonds is 8. The standard InChI is InChI=1S/C31H35N5O5S/c1-31(2,37)23-10-11-24-26(17-23)36(29(20-8-6-5-7-9-20)21-12-14-40-15-13-21)27-16-22(18-32-28(24)27)30-25(33-34-35(30)3)19-41-42(4,38)39/h5-11,16-18,21,29,37H,12-15,19H2,1-4H3. The minimum atomic E-state index is -3.67. The molecule has 220 valence electrons. The van der Waals surface area contributed by atoms with Crippen molar-refractivity contribution in [3.8, 4) is 11.3 Å². The summed E-state index contributed by atoms with van der Waals surface area (Å²) in [6.45, 7) is 4.76. The topological polar surface area (TPSA) is 121 Å². The predicted octanol–water partition coefficient (Wildman–Crippen LogP) is 4.70. The van der Waals surface area contributed by atoms with Gasteiger partial charge in [0.15, 0.2) is 0 Å². The molecular formula is C31H35N5O5S. The molecule has 4 heterocycles. The Morgan fingerprint density at radius 1 is 1.10 bits per heavy atom. The van der Waals surface area contributed by atoms with Gasteiger partial charge in [-0.05, 0) is 55.9 Å². The molecule has 0 radical (unpaired) electrons. The third kappa shape index (κ3) is 5.45. The normalized spacial score (nSPS) is 15.9. The van der Waals surface area contributed by atoms with E-state index in [0.29, 0.717) is 30.5 Å². The summed E-state index contributed by atoms with van der Waals surface area (Å²) in [6.07, 6.45) is 4.61. The number of benzene rings is 2. The van der Waals surface area contributed by atoms with Crippen molar-refractivity contribution >= 4 is 32.1 Å². The van der Waals surface area contributed by atoms with Gasteiger partial charge in [-0.2, -0.15) is 8.42 Å². The van der Waals surface area contributed by atoms with Crippen LogP contribution >= 0.6 is 0 Å². The summed E-state index contributed by atoms with van der Waals surface area (Å²) >= 11 is 0. The second kappa shape index (κ2) is 10.9. The highest BCUT2D eigenvalue weighted by Gasteiger charge is 2.31. The molecule has 0 bridgehead atoms. The summed E-state index contributed by atoms with van der Waals surface area (Å²) in [6, 6.07) is 18.6. The molecule has 6 rings (SSSR count). The summed E-state index contributed by atoms with van der Waals surface area (Å²) in [7, 11) is -1.91. The second-order valence-electron chi connectivity index (χ2n) is 11.5. The van der Waals surface area contributed by atoms with E-state index in [1.54, 1.807) is 31.8 Å². The fraction of sp³-hybridized carbons (Fsp3) is 0.387. The highest BCUT2D eigenvalue weighted by Crippen LogP contribution is 2.42. The zero-order valence-electron chi connectivity index (χ0n) is 24.2. The number of pyridine rings is 1. The van der Waals surface area contributed by atoms with Gasteiger partial charge in [0.05, 0.1) is 40.1 Å². The molecule has 3 aromatic heterocycles. The fourth-order valence-corrected chi connectivity index (χ4v) is 6.37. The second-order valence-corrected chi connectivity index (χ2v) is 13.2. The van der Waals surface area contributed by atoms with E-state index >= 15 is 0 Å². The van der Waals surface area contributed by atoms with Crippen LogP contribution in [0.2, 0.25) is 0 Å². The zero-order valence-corrected chi connectivity index (χ0v) is 25.0. The third-order valence-corrected chi connectivity index (χ3v) is 8.60. The third-order valence-electron chi connectivity index (χ3n) is 8.06. The Labute approximate surface area is 245 Å². The maximum Gasteiger partial charge on any atom is 0.264 e. The number of hydrogen-bond donors (Lipinski definition) is 1. The van der Waals surface area contributed by atoms with E-state index in [9.17, 15) is 13.5 Å². The summed E-state index contributed by atoms with van der Waals surface area (Å²) < 4.78 is 38.2. The van der Waals surface area contributed by atoms with E-state index < -0.39 is 15.7 Å². The van der Waals surface area contributed by atoms with Crippen molar-refractivity contribution in [1.82, 2.24) is 24.5 Å². The molecule has 1 N–H and O–H groups in total. The molecule has 1 saturated heterocycles. The first-order valence-corrected chi connectivity index (χ1v) is 15.9. The van der Waals surface area contributed by atoms with Crippen molar-refractivity contribution in [2.75, 3.05) is 19.5 Å². The van der Waals surface area contributed by atoms with Gasteiger partial charge in [0.1, 0.15) is 12.3 Å². The first-order valence-electron chi connectivity index (χ1n) is 14.0. The van der Waals surface area contributed by atoms with E-state index in [2.05, 4.69) is 51.3 Å². The molecule has 1 aliphatic rings. The Morgan fingerprint density at radius 3 is 2.52 bits per heavy atom. The van der Waals surface area contributed by atoms with Crippen LogP contribution in [0.3, 0.4) is 0 Å². The number of aliphatic hydroxyl groups is 1. The minimum Gasteiger partial charge on any atom is -0.386 e. The first kappa shape index (κ1) is 28.5. The first-order chi connectivity index (χ1) is 20.0. The number of nitrogens with zero attached hydrogens (tertiary/aromatic N) is 5. The Bertz CT molecular complexity index is 1850. The Morgan fingerprint density at radius 2 is 1.83 bits per heavy atom. The van der Waals surface area contributed by atoms with Crippen LogP contribution in [0.1, 0.15) is 49.6 Å². The molecule has 1 fully saturated rings. The van der Waals surface area contributed by atoms with Crippen molar-refractivity contribution in [2.24, 2.45) is 13.0 Å². The average molecular weight is 590 g/mol. The van der Waals surface area contributed by atoms with Gasteiger partial charge in [-0.3, -0.25) is 9.17 Å². The number of hydrogen-bond acceptors (Lipinski definition) is 8. The molecule has 1 unspecified atom stereocenters. The smallest absolute Gasteiger partial charge is 0.264 e. The van der Waals surface area contributed by atoms with Crippen LogP contribution in [0.4, 0.5) is 0 Å². The van der Waals surface area contributed by atoms with Crippen LogP contribution < -0.4 is 0 Å². The predicted molar refractivity (Wildman–Crippen MR) is 160 cm³/mol. The molecule has 0 spiro atoms. The van der Waals surface area contributed by atoms with Crippen molar-refractivity contribution < 1.29 is 22.4 Å². The van der Waals surface area contributed by atoms with E-state index in [4.69, 9.17) is 13.9 Å². The van der Waals surface area contributed by atoms with E-state index in [-0.39, 0.29) is 12.6 Å². The van der Waals surface area contributed by atoms with E-state index in [1.807, 2.05) is 18.2 Å². The van der Waals surface area contributed by atoms with Crippen LogP contribution in [-0.4, -0.2) is 57.5 Å². The number of aromatic nitrogens is 5. The van der Waals surface area contributed by atoms with E-state index in [1.165, 1.54) is 5.56 Å². The van der Waals surface area contributed by atoms with Crippen molar-refractivity contribution in [2.45, 2.75) is 44.9 Å². The lowest BCUT2D eigenvalue weighted by Gasteiger charge is -2.33. The van der Waals surface area contributed by atoms with Gasteiger partial charge in [-0.1, -0.05) is 47.7 Å². The Kier molecular flexibility index (Phi) is 7.38. The van der Waals surface area contributed by atoms with Crippen molar-refractivity contribution in [3.63, 3.8) is 0 Å². The summed E-state index contributed by atoms with van der Waals surface area (Å²) in [5.74, 6) is 0.312. The molecule has 0 saturated carbocycles. The van der Waals surface area contributed by atoms with Crippen molar-refractivity contribution in [1.29, 1.82) is 0 Å². The molecule has 2 aromatic carbocycles. The SMILES string of the molecule is Cn1nnc(COS(C)(=O)=O)c1-c1cnc2c3ccc(C(C)(C)O)cc3n(C(c3ccccc3)C3CCOCC3)c2c1. The molecule has 1 aliphatic heterocycles. The lowest BCUT2D eigenvalue weighted by Crippen LogP contribution is -2.27. The van der Waals surface area contributed by atoms with Gasteiger partial charge >= 0.3 is 0 Å². The lowest BCUT2D eigenvalue weighted by molar-refractivity contribution is 0.0552. The van der Waals surface area contributed by atoms with Gasteiger partial charge in [0.2, 0.25) is 0 Å². The zero-order chi connectivity index (χ0) is 29.6.